The number of nitrogens with two attached hydrogens (primary N) is 2. The Bertz CT molecular complexity index is 423. The predicted octanol–water partition coefficient (Wildman–Crippen LogP) is 1.02. The van der Waals surface area contributed by atoms with Crippen molar-refractivity contribution in [2.45, 2.75) is 6.36 Å². The number of hydrogen-bond donors (Lipinski definition) is 2. The molecule has 0 atom stereocenters. The minimum Gasteiger partial charge on any atom is -0.400 e. The average molecular weight is 218 g/mol. The second kappa shape index (κ2) is 3.53. The highest BCUT2D eigenvalue weighted by atomic mass is 19.4. The molecule has 0 aliphatic heterocycles. The molecule has 0 aromatic carbocycles. The first-order valence-electron chi connectivity index (χ1n) is 3.55. The van der Waals surface area contributed by atoms with E-state index in [1.807, 2.05) is 0 Å². The Hall–Kier alpha value is -2.17. The maximum Gasteiger partial charge on any atom is 0.573 e. The van der Waals surface area contributed by atoms with Crippen molar-refractivity contribution >= 4 is 11.4 Å². The van der Waals surface area contributed by atoms with Crippen molar-refractivity contribution < 1.29 is 17.9 Å². The van der Waals surface area contributed by atoms with Crippen LogP contribution in [0, 0.1) is 11.3 Å². The van der Waals surface area contributed by atoms with Crippen LogP contribution in [0.2, 0.25) is 0 Å². The smallest absolute Gasteiger partial charge is 0.400 e. The van der Waals surface area contributed by atoms with Crippen molar-refractivity contribution in [2.24, 2.45) is 0 Å². The van der Waals surface area contributed by atoms with Gasteiger partial charge in [0.2, 0.25) is 0 Å². The zero-order valence-electron chi connectivity index (χ0n) is 7.17. The standard InChI is InChI=1S/C7H5F3N4O/c8-7(9,10)15-6-4(1-11)14-2-3(12)5(6)13/h2H,12H2,(H2,13,14). The number of nitriles is 1. The Morgan fingerprint density at radius 1 is 1.40 bits per heavy atom. The van der Waals surface area contributed by atoms with Gasteiger partial charge in [-0.3, -0.25) is 0 Å². The van der Waals surface area contributed by atoms with Crippen LogP contribution in [-0.2, 0) is 0 Å². The molecule has 0 aliphatic rings. The first-order valence-corrected chi connectivity index (χ1v) is 3.55. The van der Waals surface area contributed by atoms with Crippen LogP contribution in [0.5, 0.6) is 5.75 Å². The molecule has 15 heavy (non-hydrogen) atoms. The molecule has 0 unspecified atom stereocenters. The number of hydrogen-bond acceptors (Lipinski definition) is 5. The van der Waals surface area contributed by atoms with Crippen molar-refractivity contribution in [3.63, 3.8) is 0 Å². The van der Waals surface area contributed by atoms with Gasteiger partial charge in [-0.1, -0.05) is 0 Å². The highest BCUT2D eigenvalue weighted by molar-refractivity contribution is 5.72. The molecular formula is C7H5F3N4O. The Balaban J connectivity index is 3.26. The lowest BCUT2D eigenvalue weighted by Gasteiger charge is -2.12. The Labute approximate surface area is 82.1 Å². The highest BCUT2D eigenvalue weighted by Crippen LogP contribution is 2.33. The van der Waals surface area contributed by atoms with Crippen molar-refractivity contribution in [2.75, 3.05) is 11.5 Å². The SMILES string of the molecule is N#Cc1ncc(N)c(N)c1OC(F)(F)F. The van der Waals surface area contributed by atoms with Gasteiger partial charge in [-0.15, -0.1) is 13.2 Å². The zero-order chi connectivity index (χ0) is 11.6. The third kappa shape index (κ3) is 2.40. The molecule has 0 bridgehead atoms. The minimum atomic E-state index is -4.95. The molecule has 0 aliphatic carbocycles. The van der Waals surface area contributed by atoms with Gasteiger partial charge in [0.15, 0.2) is 11.4 Å². The van der Waals surface area contributed by atoms with Crippen LogP contribution < -0.4 is 16.2 Å². The molecule has 1 rings (SSSR count). The van der Waals surface area contributed by atoms with E-state index in [-0.39, 0.29) is 5.69 Å². The molecule has 0 fully saturated rings. The summed E-state index contributed by atoms with van der Waals surface area (Å²) in [6.07, 6.45) is -3.97. The van der Waals surface area contributed by atoms with Crippen molar-refractivity contribution in [3.05, 3.63) is 11.9 Å². The van der Waals surface area contributed by atoms with Gasteiger partial charge in [0.1, 0.15) is 11.8 Å². The molecular weight excluding hydrogens is 213 g/mol. The average Bonchev–Trinajstić information content (AvgIpc) is 2.11. The summed E-state index contributed by atoms with van der Waals surface area (Å²) in [6, 6.07) is 1.41. The third-order valence-electron chi connectivity index (χ3n) is 1.43. The molecule has 1 heterocycles. The quantitative estimate of drug-likeness (QED) is 0.733. The molecule has 8 heteroatoms. The van der Waals surface area contributed by atoms with E-state index >= 15 is 0 Å². The Morgan fingerprint density at radius 3 is 2.47 bits per heavy atom. The predicted molar refractivity (Wildman–Crippen MR) is 44.5 cm³/mol. The molecule has 0 amide bonds. The number of anilines is 2. The molecule has 0 saturated heterocycles. The van der Waals surface area contributed by atoms with Crippen LogP contribution in [0.25, 0.3) is 0 Å². The fourth-order valence-electron chi connectivity index (χ4n) is 0.820. The van der Waals surface area contributed by atoms with Crippen LogP contribution in [0.1, 0.15) is 5.69 Å². The maximum absolute atomic E-state index is 11.9. The van der Waals surface area contributed by atoms with Crippen molar-refractivity contribution in [1.82, 2.24) is 4.98 Å². The Morgan fingerprint density at radius 2 is 2.00 bits per heavy atom. The van der Waals surface area contributed by atoms with Gasteiger partial charge in [0, 0.05) is 0 Å². The molecule has 1 aromatic heterocycles. The van der Waals surface area contributed by atoms with Crippen molar-refractivity contribution in [3.8, 4) is 11.8 Å². The number of nitrogens with zero attached hydrogens (tertiary/aromatic N) is 2. The van der Waals surface area contributed by atoms with Gasteiger partial charge in [-0.2, -0.15) is 5.26 Å². The third-order valence-corrected chi connectivity index (χ3v) is 1.43. The zero-order valence-corrected chi connectivity index (χ0v) is 7.17. The normalized spacial score (nSPS) is 10.8. The van der Waals surface area contributed by atoms with Gasteiger partial charge >= 0.3 is 6.36 Å². The van der Waals surface area contributed by atoms with Gasteiger partial charge in [0.05, 0.1) is 11.9 Å². The number of ether oxygens (including phenoxy) is 1. The molecule has 5 nitrogen and oxygen atoms in total. The monoisotopic (exact) mass is 218 g/mol. The fraction of sp³-hybridized carbons (Fsp3) is 0.143. The summed E-state index contributed by atoms with van der Waals surface area (Å²) in [5, 5.41) is 8.47. The first kappa shape index (κ1) is 10.9. The summed E-state index contributed by atoms with van der Waals surface area (Å²) < 4.78 is 39.3. The number of pyridine rings is 1. The van der Waals surface area contributed by atoms with Crippen LogP contribution in [0.15, 0.2) is 6.20 Å². The summed E-state index contributed by atoms with van der Waals surface area (Å²) in [6.45, 7) is 0. The van der Waals surface area contributed by atoms with E-state index in [0.717, 1.165) is 6.20 Å². The highest BCUT2D eigenvalue weighted by Gasteiger charge is 2.34. The van der Waals surface area contributed by atoms with E-state index in [2.05, 4.69) is 9.72 Å². The molecule has 0 radical (unpaired) electrons. The van der Waals surface area contributed by atoms with E-state index in [1.54, 1.807) is 0 Å². The van der Waals surface area contributed by atoms with E-state index in [4.69, 9.17) is 16.7 Å². The number of alkyl halides is 3. The maximum atomic E-state index is 11.9. The summed E-state index contributed by atoms with van der Waals surface area (Å²) in [7, 11) is 0. The first-order chi connectivity index (χ1) is 6.85. The van der Waals surface area contributed by atoms with E-state index in [0.29, 0.717) is 0 Å². The molecule has 80 valence electrons. The fourth-order valence-corrected chi connectivity index (χ4v) is 0.820. The number of rotatable bonds is 1. The van der Waals surface area contributed by atoms with E-state index in [1.165, 1.54) is 6.07 Å². The molecule has 4 N–H and O–H groups in total. The number of halogens is 3. The van der Waals surface area contributed by atoms with Crippen LogP contribution in [0.3, 0.4) is 0 Å². The largest absolute Gasteiger partial charge is 0.573 e. The minimum absolute atomic E-state index is 0.187. The lowest BCUT2D eigenvalue weighted by molar-refractivity contribution is -0.274. The van der Waals surface area contributed by atoms with Gasteiger partial charge in [0.25, 0.3) is 0 Å². The second-order valence-electron chi connectivity index (χ2n) is 2.46. The van der Waals surface area contributed by atoms with Gasteiger partial charge in [-0.05, 0) is 0 Å². The van der Waals surface area contributed by atoms with Crippen LogP contribution >= 0.6 is 0 Å². The summed E-state index contributed by atoms with van der Waals surface area (Å²) in [4.78, 5) is 3.35. The molecule has 1 aromatic rings. The Kier molecular flexibility index (Phi) is 2.57. The van der Waals surface area contributed by atoms with Crippen LogP contribution in [-0.4, -0.2) is 11.3 Å². The van der Waals surface area contributed by atoms with E-state index in [9.17, 15) is 13.2 Å². The van der Waals surface area contributed by atoms with Gasteiger partial charge < -0.3 is 16.2 Å². The summed E-state index contributed by atoms with van der Waals surface area (Å²) in [5.41, 5.74) is 9.23. The molecule has 0 spiro atoms. The van der Waals surface area contributed by atoms with Crippen molar-refractivity contribution in [1.29, 1.82) is 5.26 Å². The topological polar surface area (TPSA) is 98.0 Å². The number of aromatic nitrogens is 1. The summed E-state index contributed by atoms with van der Waals surface area (Å²) in [5.74, 6) is -0.870. The lowest BCUT2D eigenvalue weighted by Crippen LogP contribution is -2.19. The lowest BCUT2D eigenvalue weighted by atomic mass is 10.2. The number of nitrogen functional groups attached to an aromatic ring is 2. The van der Waals surface area contributed by atoms with Gasteiger partial charge in [-0.25, -0.2) is 4.98 Å². The van der Waals surface area contributed by atoms with E-state index < -0.39 is 23.5 Å². The second-order valence-corrected chi connectivity index (χ2v) is 2.46. The van der Waals surface area contributed by atoms with Crippen LogP contribution in [0.4, 0.5) is 24.5 Å². The summed E-state index contributed by atoms with van der Waals surface area (Å²) >= 11 is 0. The molecule has 0 saturated carbocycles.